The van der Waals surface area contributed by atoms with E-state index in [0.717, 1.165) is 5.92 Å². The first-order valence-corrected chi connectivity index (χ1v) is 5.07. The van der Waals surface area contributed by atoms with Gasteiger partial charge in [0, 0.05) is 6.04 Å². The third-order valence-corrected chi connectivity index (χ3v) is 3.09. The fourth-order valence-electron chi connectivity index (χ4n) is 1.88. The largest absolute Gasteiger partial charge is 0.327 e. The number of aryl methyl sites for hydroxylation is 1. The van der Waals surface area contributed by atoms with Crippen LogP contribution in [0.25, 0.3) is 0 Å². The first-order chi connectivity index (χ1) is 6.25. The van der Waals surface area contributed by atoms with Crippen molar-refractivity contribution in [2.24, 2.45) is 11.7 Å². The lowest BCUT2D eigenvalue weighted by molar-refractivity contribution is 0.256. The molecule has 0 bridgehead atoms. The lowest BCUT2D eigenvalue weighted by Crippen LogP contribution is -2.40. The van der Waals surface area contributed by atoms with Gasteiger partial charge in [0.1, 0.15) is 0 Å². The molecule has 1 aliphatic rings. The predicted molar refractivity (Wildman–Crippen MR) is 55.6 cm³/mol. The van der Waals surface area contributed by atoms with Gasteiger partial charge in [0.15, 0.2) is 0 Å². The van der Waals surface area contributed by atoms with Crippen LogP contribution in [0.15, 0.2) is 24.3 Å². The van der Waals surface area contributed by atoms with Crippen molar-refractivity contribution >= 4 is 0 Å². The second-order valence-corrected chi connectivity index (χ2v) is 4.19. The summed E-state index contributed by atoms with van der Waals surface area (Å²) >= 11 is 0. The molecule has 1 aromatic carbocycles. The van der Waals surface area contributed by atoms with Crippen molar-refractivity contribution in [2.75, 3.05) is 0 Å². The van der Waals surface area contributed by atoms with Crippen LogP contribution in [0.5, 0.6) is 0 Å². The Labute approximate surface area is 80.0 Å². The number of rotatable bonds is 2. The Morgan fingerprint density at radius 3 is 2.38 bits per heavy atom. The first-order valence-electron chi connectivity index (χ1n) is 5.07. The molecule has 2 atom stereocenters. The van der Waals surface area contributed by atoms with Gasteiger partial charge in [0.2, 0.25) is 0 Å². The first kappa shape index (κ1) is 8.76. The van der Waals surface area contributed by atoms with E-state index in [0.29, 0.717) is 6.04 Å². The Balaban J connectivity index is 1.98. The topological polar surface area (TPSA) is 26.0 Å². The second kappa shape index (κ2) is 3.51. The van der Waals surface area contributed by atoms with Crippen LogP contribution in [0.1, 0.15) is 24.0 Å². The van der Waals surface area contributed by atoms with Crippen molar-refractivity contribution in [3.63, 3.8) is 0 Å². The average molecular weight is 175 g/mol. The van der Waals surface area contributed by atoms with Crippen LogP contribution in [0, 0.1) is 12.8 Å². The molecule has 1 heteroatoms. The Hall–Kier alpha value is -0.820. The summed E-state index contributed by atoms with van der Waals surface area (Å²) in [5.74, 6) is 0.739. The van der Waals surface area contributed by atoms with Gasteiger partial charge in [-0.2, -0.15) is 0 Å². The van der Waals surface area contributed by atoms with Crippen LogP contribution in [-0.2, 0) is 6.42 Å². The number of hydrogen-bond donors (Lipinski definition) is 1. The van der Waals surface area contributed by atoms with Gasteiger partial charge in [-0.15, -0.1) is 0 Å². The standard InChI is InChI=1S/C12H17N/c1-9-2-4-10(5-3-9)8-11-6-7-12(11)13/h2-5,11-12H,6-8,13H2,1H3. The molecule has 2 rings (SSSR count). The zero-order valence-corrected chi connectivity index (χ0v) is 8.16. The minimum Gasteiger partial charge on any atom is -0.327 e. The summed E-state index contributed by atoms with van der Waals surface area (Å²) in [6, 6.07) is 9.26. The van der Waals surface area contributed by atoms with Crippen molar-refractivity contribution in [3.8, 4) is 0 Å². The van der Waals surface area contributed by atoms with E-state index in [9.17, 15) is 0 Å². The molecule has 70 valence electrons. The Morgan fingerprint density at radius 2 is 1.92 bits per heavy atom. The van der Waals surface area contributed by atoms with Gasteiger partial charge in [-0.3, -0.25) is 0 Å². The Kier molecular flexibility index (Phi) is 2.36. The van der Waals surface area contributed by atoms with E-state index in [-0.39, 0.29) is 0 Å². The molecule has 0 aromatic heterocycles. The Bertz CT molecular complexity index is 276. The monoisotopic (exact) mass is 175 g/mol. The molecule has 2 N–H and O–H groups in total. The van der Waals surface area contributed by atoms with Crippen LogP contribution < -0.4 is 5.73 Å². The maximum absolute atomic E-state index is 5.90. The van der Waals surface area contributed by atoms with Crippen molar-refractivity contribution in [1.82, 2.24) is 0 Å². The van der Waals surface area contributed by atoms with Gasteiger partial charge in [-0.25, -0.2) is 0 Å². The molecule has 0 amide bonds. The van der Waals surface area contributed by atoms with E-state index >= 15 is 0 Å². The van der Waals surface area contributed by atoms with Crippen LogP contribution in [-0.4, -0.2) is 6.04 Å². The molecule has 0 spiro atoms. The smallest absolute Gasteiger partial charge is 0.00704 e. The third kappa shape index (κ3) is 1.92. The maximum Gasteiger partial charge on any atom is 0.00704 e. The van der Waals surface area contributed by atoms with Crippen molar-refractivity contribution < 1.29 is 0 Å². The van der Waals surface area contributed by atoms with Crippen LogP contribution in [0.2, 0.25) is 0 Å². The molecule has 1 aromatic rings. The molecule has 1 fully saturated rings. The molecule has 13 heavy (non-hydrogen) atoms. The SMILES string of the molecule is Cc1ccc(CC2CCC2N)cc1. The Morgan fingerprint density at radius 1 is 1.23 bits per heavy atom. The highest BCUT2D eigenvalue weighted by molar-refractivity contribution is 5.22. The van der Waals surface area contributed by atoms with E-state index in [1.807, 2.05) is 0 Å². The third-order valence-electron chi connectivity index (χ3n) is 3.09. The van der Waals surface area contributed by atoms with Crippen LogP contribution >= 0.6 is 0 Å². The minimum atomic E-state index is 0.460. The molecule has 1 saturated carbocycles. The number of hydrogen-bond acceptors (Lipinski definition) is 1. The highest BCUT2D eigenvalue weighted by Gasteiger charge is 2.26. The van der Waals surface area contributed by atoms with Gasteiger partial charge in [0.05, 0.1) is 0 Å². The summed E-state index contributed by atoms with van der Waals surface area (Å²) in [6.07, 6.45) is 3.70. The fraction of sp³-hybridized carbons (Fsp3) is 0.500. The average Bonchev–Trinajstić information content (AvgIpc) is 2.15. The lowest BCUT2D eigenvalue weighted by atomic mass is 9.76. The molecule has 2 unspecified atom stereocenters. The van der Waals surface area contributed by atoms with Gasteiger partial charge in [-0.1, -0.05) is 29.8 Å². The van der Waals surface area contributed by atoms with E-state index in [1.54, 1.807) is 0 Å². The predicted octanol–water partition coefficient (Wildman–Crippen LogP) is 2.27. The maximum atomic E-state index is 5.90. The van der Waals surface area contributed by atoms with Crippen molar-refractivity contribution in [1.29, 1.82) is 0 Å². The highest BCUT2D eigenvalue weighted by Crippen LogP contribution is 2.28. The van der Waals surface area contributed by atoms with E-state index in [2.05, 4.69) is 31.2 Å². The van der Waals surface area contributed by atoms with Crippen LogP contribution in [0.3, 0.4) is 0 Å². The summed E-state index contributed by atoms with van der Waals surface area (Å²) in [4.78, 5) is 0. The van der Waals surface area contributed by atoms with Crippen LogP contribution in [0.4, 0.5) is 0 Å². The zero-order chi connectivity index (χ0) is 9.26. The van der Waals surface area contributed by atoms with Gasteiger partial charge in [0.25, 0.3) is 0 Å². The normalized spacial score (nSPS) is 26.9. The summed E-state index contributed by atoms with van der Waals surface area (Å²) in [6.45, 7) is 2.12. The van der Waals surface area contributed by atoms with Gasteiger partial charge >= 0.3 is 0 Å². The molecular weight excluding hydrogens is 158 g/mol. The van der Waals surface area contributed by atoms with E-state index in [1.165, 1.54) is 30.4 Å². The van der Waals surface area contributed by atoms with E-state index in [4.69, 9.17) is 5.73 Å². The summed E-state index contributed by atoms with van der Waals surface area (Å²) in [5.41, 5.74) is 8.67. The molecule has 0 aliphatic heterocycles. The summed E-state index contributed by atoms with van der Waals surface area (Å²) in [5, 5.41) is 0. The fourth-order valence-corrected chi connectivity index (χ4v) is 1.88. The molecule has 0 radical (unpaired) electrons. The summed E-state index contributed by atoms with van der Waals surface area (Å²) in [7, 11) is 0. The quantitative estimate of drug-likeness (QED) is 0.733. The summed E-state index contributed by atoms with van der Waals surface area (Å²) < 4.78 is 0. The molecule has 0 saturated heterocycles. The van der Waals surface area contributed by atoms with Gasteiger partial charge in [-0.05, 0) is 37.7 Å². The van der Waals surface area contributed by atoms with Crippen molar-refractivity contribution in [3.05, 3.63) is 35.4 Å². The minimum absolute atomic E-state index is 0.460. The zero-order valence-electron chi connectivity index (χ0n) is 8.16. The number of benzene rings is 1. The highest BCUT2D eigenvalue weighted by atomic mass is 14.7. The molecule has 1 nitrogen and oxygen atoms in total. The molecular formula is C12H17N. The van der Waals surface area contributed by atoms with Gasteiger partial charge < -0.3 is 5.73 Å². The molecule has 1 aliphatic carbocycles. The number of nitrogens with two attached hydrogens (primary N) is 1. The lowest BCUT2D eigenvalue weighted by Gasteiger charge is -2.33. The van der Waals surface area contributed by atoms with E-state index < -0.39 is 0 Å². The molecule has 0 heterocycles. The second-order valence-electron chi connectivity index (χ2n) is 4.19. The van der Waals surface area contributed by atoms with Crippen molar-refractivity contribution in [2.45, 2.75) is 32.2 Å².